The molecule has 1 amide bonds. The monoisotopic (exact) mass is 337 g/mol. The molecule has 3 nitrogen and oxygen atoms in total. The highest BCUT2D eigenvalue weighted by molar-refractivity contribution is 7.88. The van der Waals surface area contributed by atoms with E-state index in [1.54, 1.807) is 0 Å². The molecule has 4 saturated carbocycles. The Hall–Kier alpha value is -0.380. The Kier molecular flexibility index (Phi) is 4.55. The lowest BCUT2D eigenvalue weighted by Crippen LogP contribution is -2.51. The zero-order chi connectivity index (χ0) is 15.9. The first-order valence-corrected chi connectivity index (χ1v) is 11.2. The lowest BCUT2D eigenvalue weighted by Gasteiger charge is -2.37. The Morgan fingerprint density at radius 2 is 1.30 bits per heavy atom. The van der Waals surface area contributed by atoms with Gasteiger partial charge in [-0.1, -0.05) is 38.5 Å². The van der Waals surface area contributed by atoms with Crippen molar-refractivity contribution in [1.29, 1.82) is 0 Å². The van der Waals surface area contributed by atoms with Gasteiger partial charge in [-0.2, -0.15) is 0 Å². The second-order valence-electron chi connectivity index (χ2n) is 8.29. The zero-order valence-corrected chi connectivity index (χ0v) is 15.1. The summed E-state index contributed by atoms with van der Waals surface area (Å²) in [5.74, 6) is 0.288. The third-order valence-corrected chi connectivity index (χ3v) is 8.91. The Morgan fingerprint density at radius 3 is 1.83 bits per heavy atom. The predicted octanol–water partition coefficient (Wildman–Crippen LogP) is 3.92. The molecule has 0 aromatic carbocycles. The fourth-order valence-corrected chi connectivity index (χ4v) is 6.97. The van der Waals surface area contributed by atoms with E-state index in [1.807, 2.05) is 0 Å². The van der Waals surface area contributed by atoms with Crippen molar-refractivity contribution in [3.63, 3.8) is 0 Å². The number of carbonyl (C=O) groups is 1. The van der Waals surface area contributed by atoms with Crippen molar-refractivity contribution in [2.24, 2.45) is 0 Å². The van der Waals surface area contributed by atoms with Crippen LogP contribution in [0.3, 0.4) is 0 Å². The summed E-state index contributed by atoms with van der Waals surface area (Å²) in [6, 6.07) is 0.927. The van der Waals surface area contributed by atoms with Crippen molar-refractivity contribution in [3.8, 4) is 0 Å². The first-order valence-electron chi connectivity index (χ1n) is 9.96. The molecule has 0 aromatic rings. The molecule has 0 radical (unpaired) electrons. The van der Waals surface area contributed by atoms with Gasteiger partial charge in [0.05, 0.1) is 0 Å². The molecule has 0 spiro atoms. The normalized spacial score (nSPS) is 29.9. The van der Waals surface area contributed by atoms with Gasteiger partial charge in [0.1, 0.15) is 4.75 Å². The summed E-state index contributed by atoms with van der Waals surface area (Å²) >= 11 is 0. The van der Waals surface area contributed by atoms with E-state index in [1.165, 1.54) is 64.2 Å². The van der Waals surface area contributed by atoms with E-state index in [9.17, 15) is 9.00 Å². The second kappa shape index (κ2) is 6.50. The summed E-state index contributed by atoms with van der Waals surface area (Å²) in [5, 5.41) is 0.294. The van der Waals surface area contributed by atoms with E-state index in [0.29, 0.717) is 17.3 Å². The molecule has 4 rings (SSSR count). The topological polar surface area (TPSA) is 37.4 Å². The first kappa shape index (κ1) is 16.1. The molecular weight excluding hydrogens is 306 g/mol. The number of rotatable bonds is 5. The summed E-state index contributed by atoms with van der Waals surface area (Å²) in [4.78, 5) is 15.7. The van der Waals surface area contributed by atoms with E-state index in [0.717, 1.165) is 25.7 Å². The Balaban J connectivity index is 1.50. The molecule has 0 saturated heterocycles. The number of carbonyl (C=O) groups excluding carboxylic acids is 1. The average Bonchev–Trinajstić information content (AvgIpc) is 3.50. The van der Waals surface area contributed by atoms with Gasteiger partial charge >= 0.3 is 0 Å². The highest BCUT2D eigenvalue weighted by atomic mass is 32.2. The van der Waals surface area contributed by atoms with E-state index in [2.05, 4.69) is 4.90 Å². The van der Waals surface area contributed by atoms with Gasteiger partial charge in [0, 0.05) is 28.1 Å². The van der Waals surface area contributed by atoms with Gasteiger partial charge in [-0.15, -0.1) is 0 Å². The first-order chi connectivity index (χ1) is 11.2. The number of hydrogen-bond acceptors (Lipinski definition) is 2. The molecule has 0 aliphatic heterocycles. The number of amides is 1. The number of nitrogens with zero attached hydrogens (tertiary/aromatic N) is 1. The Bertz CT molecular complexity index is 472. The predicted molar refractivity (Wildman–Crippen MR) is 93.7 cm³/mol. The van der Waals surface area contributed by atoms with Gasteiger partial charge in [0.2, 0.25) is 5.91 Å². The van der Waals surface area contributed by atoms with Crippen LogP contribution in [-0.4, -0.2) is 37.1 Å². The third kappa shape index (κ3) is 3.12. The molecule has 1 unspecified atom stereocenters. The van der Waals surface area contributed by atoms with Gasteiger partial charge < -0.3 is 4.90 Å². The molecular formula is C19H31NO2S. The van der Waals surface area contributed by atoms with Crippen LogP contribution in [0.1, 0.15) is 89.9 Å². The maximum absolute atomic E-state index is 13.4. The minimum atomic E-state index is -0.941. The summed E-state index contributed by atoms with van der Waals surface area (Å²) in [6.45, 7) is 0. The minimum Gasteiger partial charge on any atom is -0.335 e. The molecule has 23 heavy (non-hydrogen) atoms. The fraction of sp³-hybridized carbons (Fsp3) is 0.947. The average molecular weight is 338 g/mol. The van der Waals surface area contributed by atoms with E-state index in [-0.39, 0.29) is 5.91 Å². The van der Waals surface area contributed by atoms with Crippen LogP contribution in [0.2, 0.25) is 0 Å². The van der Waals surface area contributed by atoms with E-state index >= 15 is 0 Å². The van der Waals surface area contributed by atoms with Crippen molar-refractivity contribution in [3.05, 3.63) is 0 Å². The molecule has 4 fully saturated rings. The fourth-order valence-electron chi connectivity index (χ4n) is 4.79. The molecule has 0 aromatic heterocycles. The van der Waals surface area contributed by atoms with Crippen LogP contribution in [0.25, 0.3) is 0 Å². The van der Waals surface area contributed by atoms with Gasteiger partial charge in [0.15, 0.2) is 0 Å². The van der Waals surface area contributed by atoms with E-state index < -0.39 is 15.5 Å². The maximum atomic E-state index is 13.4. The second-order valence-corrected chi connectivity index (χ2v) is 10.3. The highest BCUT2D eigenvalue weighted by Gasteiger charge is 2.60. The van der Waals surface area contributed by atoms with Gasteiger partial charge in [-0.3, -0.25) is 9.00 Å². The summed E-state index contributed by atoms with van der Waals surface area (Å²) in [6.07, 6.45) is 16.2. The van der Waals surface area contributed by atoms with Crippen LogP contribution in [-0.2, 0) is 15.6 Å². The molecule has 4 heteroatoms. The maximum Gasteiger partial charge on any atom is 0.241 e. The lowest BCUT2D eigenvalue weighted by atomic mass is 9.93. The smallest absolute Gasteiger partial charge is 0.241 e. The standard InChI is InChI=1S/C19H31NO2S/c21-18(20(16-11-12-16)15-7-3-1-4-8-15)19(13-14-19)23(22)17-9-5-2-6-10-17/h15-17H,1-14H2. The summed E-state index contributed by atoms with van der Waals surface area (Å²) in [5.41, 5.74) is 0. The third-order valence-electron chi connectivity index (χ3n) is 6.48. The SMILES string of the molecule is O=C(N(C1CCCCC1)C1CC1)C1(S(=O)C2CCCCC2)CC1. The molecule has 1 atom stereocenters. The van der Waals surface area contributed by atoms with Crippen molar-refractivity contribution in [1.82, 2.24) is 4.90 Å². The van der Waals surface area contributed by atoms with Crippen molar-refractivity contribution < 1.29 is 9.00 Å². The zero-order valence-electron chi connectivity index (χ0n) is 14.3. The Morgan fingerprint density at radius 1 is 0.783 bits per heavy atom. The lowest BCUT2D eigenvalue weighted by molar-refractivity contribution is -0.135. The van der Waals surface area contributed by atoms with Crippen molar-refractivity contribution >= 4 is 16.7 Å². The molecule has 0 heterocycles. The molecule has 0 bridgehead atoms. The van der Waals surface area contributed by atoms with Crippen molar-refractivity contribution in [2.75, 3.05) is 0 Å². The summed E-state index contributed by atoms with van der Waals surface area (Å²) < 4.78 is 12.7. The molecule has 4 aliphatic rings. The van der Waals surface area contributed by atoms with Crippen LogP contribution in [0.15, 0.2) is 0 Å². The largest absolute Gasteiger partial charge is 0.335 e. The minimum absolute atomic E-state index is 0.288. The number of hydrogen-bond donors (Lipinski definition) is 0. The molecule has 0 N–H and O–H groups in total. The van der Waals surface area contributed by atoms with Crippen LogP contribution in [0.5, 0.6) is 0 Å². The molecule has 130 valence electrons. The van der Waals surface area contributed by atoms with Crippen LogP contribution in [0.4, 0.5) is 0 Å². The molecule has 4 aliphatic carbocycles. The Labute approximate surface area is 143 Å². The van der Waals surface area contributed by atoms with Gasteiger partial charge in [-0.05, 0) is 51.4 Å². The van der Waals surface area contributed by atoms with E-state index in [4.69, 9.17) is 0 Å². The quantitative estimate of drug-likeness (QED) is 0.762. The van der Waals surface area contributed by atoms with Crippen molar-refractivity contribution in [2.45, 2.75) is 112 Å². The van der Waals surface area contributed by atoms with Gasteiger partial charge in [0.25, 0.3) is 0 Å². The van der Waals surface area contributed by atoms with Crippen LogP contribution >= 0.6 is 0 Å². The summed E-state index contributed by atoms with van der Waals surface area (Å²) in [7, 11) is -0.941. The van der Waals surface area contributed by atoms with Gasteiger partial charge in [-0.25, -0.2) is 0 Å². The highest BCUT2D eigenvalue weighted by Crippen LogP contribution is 2.49. The van der Waals surface area contributed by atoms with Crippen LogP contribution in [0, 0.1) is 0 Å². The van der Waals surface area contributed by atoms with Crippen LogP contribution < -0.4 is 0 Å².